The molecule has 0 amide bonds. The number of hydrogen-bond acceptors (Lipinski definition) is 4. The second-order valence-electron chi connectivity index (χ2n) is 9.28. The van der Waals surface area contributed by atoms with Crippen LogP contribution in [0.15, 0.2) is 0 Å². The van der Waals surface area contributed by atoms with E-state index in [-0.39, 0.29) is 16.6 Å². The van der Waals surface area contributed by atoms with Gasteiger partial charge in [0, 0.05) is 11.8 Å². The molecule has 0 N–H and O–H groups in total. The maximum atomic E-state index is 6.17. The molecule has 1 aliphatic carbocycles. The van der Waals surface area contributed by atoms with Gasteiger partial charge in [0.2, 0.25) is 5.79 Å². The molecule has 0 aromatic rings. The van der Waals surface area contributed by atoms with E-state index in [0.29, 0.717) is 0 Å². The van der Waals surface area contributed by atoms with Gasteiger partial charge < -0.3 is 0 Å². The summed E-state index contributed by atoms with van der Waals surface area (Å²) >= 11 is 0. The van der Waals surface area contributed by atoms with Crippen LogP contribution in [0.3, 0.4) is 0 Å². The maximum Gasteiger partial charge on any atom is 0.238 e. The fraction of sp³-hybridized carbons (Fsp3) is 1.00. The van der Waals surface area contributed by atoms with Crippen LogP contribution in [0.4, 0.5) is 0 Å². The Morgan fingerprint density at radius 2 is 1.15 bits per heavy atom. The van der Waals surface area contributed by atoms with Gasteiger partial charge in [-0.05, 0) is 52.4 Å². The minimum absolute atomic E-state index is 0.174. The Labute approximate surface area is 162 Å². The van der Waals surface area contributed by atoms with E-state index in [0.717, 1.165) is 57.8 Å². The van der Waals surface area contributed by atoms with Gasteiger partial charge >= 0.3 is 0 Å². The van der Waals surface area contributed by atoms with Crippen LogP contribution in [0.25, 0.3) is 0 Å². The highest BCUT2D eigenvalue weighted by atomic mass is 17.3. The van der Waals surface area contributed by atoms with Crippen molar-refractivity contribution in [1.29, 1.82) is 0 Å². The third kappa shape index (κ3) is 5.92. The molecular formula is C22H44O4. The van der Waals surface area contributed by atoms with E-state index in [2.05, 4.69) is 55.4 Å². The molecule has 0 radical (unpaired) electrons. The van der Waals surface area contributed by atoms with E-state index in [9.17, 15) is 0 Å². The average molecular weight is 373 g/mol. The Morgan fingerprint density at radius 1 is 0.731 bits per heavy atom. The van der Waals surface area contributed by atoms with Crippen molar-refractivity contribution in [3.8, 4) is 0 Å². The Balaban J connectivity index is 2.97. The Hall–Kier alpha value is -0.160. The average Bonchev–Trinajstić information content (AvgIpc) is 2.60. The third-order valence-electron chi connectivity index (χ3n) is 6.40. The summed E-state index contributed by atoms with van der Waals surface area (Å²) in [5.74, 6) is -0.862. The lowest BCUT2D eigenvalue weighted by molar-refractivity contribution is -0.570. The predicted molar refractivity (Wildman–Crippen MR) is 107 cm³/mol. The van der Waals surface area contributed by atoms with Crippen molar-refractivity contribution in [3.63, 3.8) is 0 Å². The molecule has 0 saturated heterocycles. The first-order valence-electron chi connectivity index (χ1n) is 10.8. The van der Waals surface area contributed by atoms with Gasteiger partial charge in [0.05, 0.1) is 0 Å². The van der Waals surface area contributed by atoms with Gasteiger partial charge in [-0.15, -0.1) is 0 Å². The zero-order valence-electron chi connectivity index (χ0n) is 18.7. The molecule has 1 aliphatic rings. The first kappa shape index (κ1) is 23.9. The van der Waals surface area contributed by atoms with Gasteiger partial charge in [-0.25, -0.2) is 9.78 Å². The SMILES string of the molecule is CCCC(C)(CC)OOC1(OOC(C)(CC)CCC)CCCCC1(C)C. The van der Waals surface area contributed by atoms with Crippen LogP contribution in [0.1, 0.15) is 120 Å². The molecule has 0 bridgehead atoms. The molecule has 2 atom stereocenters. The van der Waals surface area contributed by atoms with Gasteiger partial charge in [0.25, 0.3) is 0 Å². The van der Waals surface area contributed by atoms with Crippen molar-refractivity contribution in [3.05, 3.63) is 0 Å². The molecule has 1 rings (SSSR count). The zero-order chi connectivity index (χ0) is 19.9. The number of rotatable bonds is 12. The smallest absolute Gasteiger partial charge is 0.227 e. The topological polar surface area (TPSA) is 36.9 Å². The fourth-order valence-corrected chi connectivity index (χ4v) is 3.72. The molecule has 0 heterocycles. The van der Waals surface area contributed by atoms with E-state index in [1.165, 1.54) is 6.42 Å². The summed E-state index contributed by atoms with van der Waals surface area (Å²) in [5.41, 5.74) is -0.765. The van der Waals surface area contributed by atoms with Gasteiger partial charge in [-0.2, -0.15) is 9.78 Å². The van der Waals surface area contributed by atoms with Gasteiger partial charge in [0.15, 0.2) is 0 Å². The lowest BCUT2D eigenvalue weighted by Gasteiger charge is -2.48. The van der Waals surface area contributed by atoms with Crippen LogP contribution in [0.2, 0.25) is 0 Å². The van der Waals surface area contributed by atoms with Crippen LogP contribution >= 0.6 is 0 Å². The zero-order valence-corrected chi connectivity index (χ0v) is 18.7. The maximum absolute atomic E-state index is 6.17. The molecule has 1 fully saturated rings. The largest absolute Gasteiger partial charge is 0.238 e. The monoisotopic (exact) mass is 372 g/mol. The van der Waals surface area contributed by atoms with Crippen molar-refractivity contribution < 1.29 is 19.6 Å². The molecule has 4 heteroatoms. The molecule has 0 spiro atoms. The molecular weight excluding hydrogens is 328 g/mol. The minimum atomic E-state index is -0.862. The molecule has 4 nitrogen and oxygen atoms in total. The lowest BCUT2D eigenvalue weighted by atomic mass is 9.72. The van der Waals surface area contributed by atoms with Crippen LogP contribution in [0.5, 0.6) is 0 Å². The normalized spacial score (nSPS) is 27.7. The first-order valence-corrected chi connectivity index (χ1v) is 10.8. The van der Waals surface area contributed by atoms with E-state index in [1.54, 1.807) is 0 Å². The molecule has 1 saturated carbocycles. The van der Waals surface area contributed by atoms with Crippen molar-refractivity contribution in [2.45, 2.75) is 137 Å². The standard InChI is InChI=1S/C22H44O4/c1-9-15-20(7,11-3)23-25-22(18-14-13-17-19(22,5)6)26-24-21(8,12-4)16-10-2/h9-18H2,1-8H3. The summed E-state index contributed by atoms with van der Waals surface area (Å²) in [6.45, 7) is 17.3. The second kappa shape index (κ2) is 9.86. The summed E-state index contributed by atoms with van der Waals surface area (Å²) in [4.78, 5) is 24.4. The Kier molecular flexibility index (Phi) is 9.06. The van der Waals surface area contributed by atoms with Gasteiger partial charge in [-0.3, -0.25) is 0 Å². The van der Waals surface area contributed by atoms with E-state index in [4.69, 9.17) is 19.6 Å². The summed E-state index contributed by atoms with van der Waals surface area (Å²) in [7, 11) is 0. The minimum Gasteiger partial charge on any atom is -0.227 e. The third-order valence-corrected chi connectivity index (χ3v) is 6.40. The Morgan fingerprint density at radius 3 is 1.50 bits per heavy atom. The van der Waals surface area contributed by atoms with Crippen molar-refractivity contribution >= 4 is 0 Å². The second-order valence-corrected chi connectivity index (χ2v) is 9.28. The summed E-state index contributed by atoms with van der Waals surface area (Å²) in [6, 6.07) is 0. The molecule has 2 unspecified atom stereocenters. The van der Waals surface area contributed by atoms with E-state index in [1.807, 2.05) is 0 Å². The van der Waals surface area contributed by atoms with E-state index >= 15 is 0 Å². The van der Waals surface area contributed by atoms with Crippen LogP contribution in [-0.2, 0) is 19.6 Å². The van der Waals surface area contributed by atoms with Crippen LogP contribution < -0.4 is 0 Å². The van der Waals surface area contributed by atoms with Crippen molar-refractivity contribution in [1.82, 2.24) is 0 Å². The molecule has 0 aliphatic heterocycles. The van der Waals surface area contributed by atoms with Crippen LogP contribution in [-0.4, -0.2) is 17.0 Å². The first-order chi connectivity index (χ1) is 12.1. The Bertz CT molecular complexity index is 385. The van der Waals surface area contributed by atoms with Crippen LogP contribution in [0, 0.1) is 5.41 Å². The van der Waals surface area contributed by atoms with E-state index < -0.39 is 5.79 Å². The highest BCUT2D eigenvalue weighted by molar-refractivity contribution is 4.90. The lowest BCUT2D eigenvalue weighted by Crippen LogP contribution is -2.54. The number of hydrogen-bond donors (Lipinski definition) is 0. The van der Waals surface area contributed by atoms with Crippen molar-refractivity contribution in [2.75, 3.05) is 0 Å². The molecule has 156 valence electrons. The summed E-state index contributed by atoms with van der Waals surface area (Å²) in [5, 5.41) is 0. The van der Waals surface area contributed by atoms with Crippen molar-refractivity contribution in [2.24, 2.45) is 5.41 Å². The summed E-state index contributed by atoms with van der Waals surface area (Å²) < 4.78 is 0. The van der Waals surface area contributed by atoms with Gasteiger partial charge in [-0.1, -0.05) is 60.8 Å². The van der Waals surface area contributed by atoms with Gasteiger partial charge in [0.1, 0.15) is 11.2 Å². The quantitative estimate of drug-likeness (QED) is 0.208. The summed E-state index contributed by atoms with van der Waals surface area (Å²) in [6.07, 6.45) is 9.92. The highest BCUT2D eigenvalue weighted by Gasteiger charge is 2.53. The fourth-order valence-electron chi connectivity index (χ4n) is 3.72. The molecule has 0 aromatic carbocycles. The highest BCUT2D eigenvalue weighted by Crippen LogP contribution is 2.49. The molecule has 0 aromatic heterocycles. The predicted octanol–water partition coefficient (Wildman–Crippen LogP) is 7.12. The molecule has 26 heavy (non-hydrogen) atoms.